The molecule has 0 radical (unpaired) electrons. The van der Waals surface area contributed by atoms with E-state index in [1.165, 1.54) is 0 Å². The van der Waals surface area contributed by atoms with Crippen molar-refractivity contribution >= 4 is 5.82 Å². The maximum Gasteiger partial charge on any atom is 0.167 e. The molecule has 1 rings (SSSR count). The molecule has 0 aliphatic carbocycles. The number of nitrogens with zero attached hydrogens (tertiary/aromatic N) is 3. The topological polar surface area (TPSA) is 61.6 Å². The van der Waals surface area contributed by atoms with Gasteiger partial charge in [0.25, 0.3) is 0 Å². The second kappa shape index (κ2) is 6.43. The number of nitriles is 1. The summed E-state index contributed by atoms with van der Waals surface area (Å²) in [4.78, 5) is 0. The molecular formula is C17H28N4. The van der Waals surface area contributed by atoms with E-state index in [1.807, 2.05) is 6.92 Å². The van der Waals surface area contributed by atoms with Crippen molar-refractivity contribution < 1.29 is 0 Å². The van der Waals surface area contributed by atoms with Gasteiger partial charge in [-0.05, 0) is 44.1 Å². The molecule has 0 aliphatic rings. The van der Waals surface area contributed by atoms with Gasteiger partial charge < -0.3 is 5.32 Å². The highest BCUT2D eigenvalue weighted by molar-refractivity contribution is 5.57. The molecule has 0 aromatic carbocycles. The minimum atomic E-state index is -0.142. The minimum Gasteiger partial charge on any atom is -0.363 e. The fourth-order valence-electron chi connectivity index (χ4n) is 3.07. The summed E-state index contributed by atoms with van der Waals surface area (Å²) >= 11 is 0. The summed E-state index contributed by atoms with van der Waals surface area (Å²) in [5, 5.41) is 21.5. The molecule has 0 unspecified atom stereocenters. The zero-order chi connectivity index (χ0) is 16.3. The van der Waals surface area contributed by atoms with Crippen molar-refractivity contribution in [2.24, 2.45) is 5.41 Å². The van der Waals surface area contributed by atoms with Gasteiger partial charge in [-0.1, -0.05) is 34.6 Å². The van der Waals surface area contributed by atoms with Gasteiger partial charge in [-0.25, -0.2) is 0 Å². The Kier molecular flexibility index (Phi) is 5.33. The molecule has 4 heteroatoms. The standard InChI is InChI=1S/C17H28N4/c1-8-12-13(10-18)15(21-20-14(12)9-2)19-17(6,7)11-16(3,4)5/h8-9,11H2,1-7H3,(H,19,21). The lowest BCUT2D eigenvalue weighted by molar-refractivity contribution is 0.302. The molecule has 116 valence electrons. The van der Waals surface area contributed by atoms with Crippen LogP contribution in [0.2, 0.25) is 0 Å². The number of hydrogen-bond donors (Lipinski definition) is 1. The third kappa shape index (κ3) is 4.70. The van der Waals surface area contributed by atoms with Gasteiger partial charge >= 0.3 is 0 Å². The van der Waals surface area contributed by atoms with E-state index < -0.39 is 0 Å². The Morgan fingerprint density at radius 2 is 1.67 bits per heavy atom. The van der Waals surface area contributed by atoms with Gasteiger partial charge in [-0.3, -0.25) is 0 Å². The molecule has 21 heavy (non-hydrogen) atoms. The summed E-state index contributed by atoms with van der Waals surface area (Å²) in [7, 11) is 0. The molecule has 0 aliphatic heterocycles. The van der Waals surface area contributed by atoms with E-state index in [4.69, 9.17) is 0 Å². The number of aromatic nitrogens is 2. The van der Waals surface area contributed by atoms with Crippen LogP contribution < -0.4 is 5.32 Å². The molecular weight excluding hydrogens is 260 g/mol. The van der Waals surface area contributed by atoms with Crippen LogP contribution in [-0.2, 0) is 12.8 Å². The predicted molar refractivity (Wildman–Crippen MR) is 87.3 cm³/mol. The van der Waals surface area contributed by atoms with Gasteiger partial charge in [-0.15, -0.1) is 5.10 Å². The largest absolute Gasteiger partial charge is 0.363 e. The van der Waals surface area contributed by atoms with Crippen LogP contribution in [0.3, 0.4) is 0 Å². The van der Waals surface area contributed by atoms with E-state index >= 15 is 0 Å². The lowest BCUT2D eigenvalue weighted by atomic mass is 9.81. The van der Waals surface area contributed by atoms with E-state index in [-0.39, 0.29) is 11.0 Å². The normalized spacial score (nSPS) is 12.1. The van der Waals surface area contributed by atoms with Crippen LogP contribution >= 0.6 is 0 Å². The molecule has 1 heterocycles. The van der Waals surface area contributed by atoms with Gasteiger partial charge in [0, 0.05) is 5.54 Å². The fraction of sp³-hybridized carbons (Fsp3) is 0.706. The highest BCUT2D eigenvalue weighted by atomic mass is 15.2. The third-order valence-electron chi connectivity index (χ3n) is 3.39. The molecule has 0 amide bonds. The van der Waals surface area contributed by atoms with Gasteiger partial charge in [0.05, 0.1) is 5.69 Å². The quantitative estimate of drug-likeness (QED) is 0.886. The summed E-state index contributed by atoms with van der Waals surface area (Å²) < 4.78 is 0. The number of nitrogens with one attached hydrogen (secondary N) is 1. The Hall–Kier alpha value is -1.63. The Labute approximate surface area is 129 Å². The number of hydrogen-bond acceptors (Lipinski definition) is 4. The van der Waals surface area contributed by atoms with Crippen LogP contribution in [-0.4, -0.2) is 15.7 Å². The Bertz CT molecular complexity index is 533. The van der Waals surface area contributed by atoms with Gasteiger partial charge in [0.15, 0.2) is 5.82 Å². The summed E-state index contributed by atoms with van der Waals surface area (Å²) in [6.07, 6.45) is 2.58. The first-order chi connectivity index (χ1) is 9.63. The summed E-state index contributed by atoms with van der Waals surface area (Å²) in [6, 6.07) is 2.31. The smallest absolute Gasteiger partial charge is 0.167 e. The lowest BCUT2D eigenvalue weighted by Crippen LogP contribution is -2.36. The molecule has 0 fully saturated rings. The first kappa shape index (κ1) is 17.4. The average molecular weight is 288 g/mol. The van der Waals surface area contributed by atoms with E-state index in [0.29, 0.717) is 11.4 Å². The van der Waals surface area contributed by atoms with Gasteiger partial charge in [-0.2, -0.15) is 10.4 Å². The monoisotopic (exact) mass is 288 g/mol. The van der Waals surface area contributed by atoms with Crippen molar-refractivity contribution in [1.82, 2.24) is 10.2 Å². The second-order valence-corrected chi connectivity index (χ2v) is 7.41. The number of rotatable bonds is 5. The van der Waals surface area contributed by atoms with Crippen LogP contribution in [0, 0.1) is 16.7 Å². The fourth-order valence-corrected chi connectivity index (χ4v) is 3.07. The summed E-state index contributed by atoms with van der Waals surface area (Å²) in [5.74, 6) is 0.612. The Morgan fingerprint density at radius 1 is 1.05 bits per heavy atom. The molecule has 1 aromatic heterocycles. The maximum atomic E-state index is 9.52. The van der Waals surface area contributed by atoms with Crippen molar-refractivity contribution in [3.05, 3.63) is 16.8 Å². The van der Waals surface area contributed by atoms with Crippen molar-refractivity contribution in [2.75, 3.05) is 5.32 Å². The van der Waals surface area contributed by atoms with Crippen LogP contribution in [0.15, 0.2) is 0 Å². The molecule has 0 saturated heterocycles. The van der Waals surface area contributed by atoms with E-state index in [9.17, 15) is 5.26 Å². The summed E-state index contributed by atoms with van der Waals surface area (Å²) in [5.41, 5.74) is 2.65. The van der Waals surface area contributed by atoms with Crippen molar-refractivity contribution in [3.63, 3.8) is 0 Å². The number of aryl methyl sites for hydroxylation is 1. The Morgan fingerprint density at radius 3 is 2.10 bits per heavy atom. The molecule has 0 spiro atoms. The summed E-state index contributed by atoms with van der Waals surface area (Å²) in [6.45, 7) is 15.0. The Balaban J connectivity index is 3.18. The van der Waals surface area contributed by atoms with Crippen molar-refractivity contribution in [2.45, 2.75) is 73.3 Å². The highest BCUT2D eigenvalue weighted by Gasteiger charge is 2.27. The van der Waals surface area contributed by atoms with Gasteiger partial charge in [0.2, 0.25) is 0 Å². The molecule has 0 atom stereocenters. The predicted octanol–water partition coefficient (Wildman–Crippen LogP) is 4.10. The van der Waals surface area contributed by atoms with Gasteiger partial charge in [0.1, 0.15) is 11.6 Å². The first-order valence-corrected chi connectivity index (χ1v) is 7.70. The van der Waals surface area contributed by atoms with E-state index in [0.717, 1.165) is 30.5 Å². The third-order valence-corrected chi connectivity index (χ3v) is 3.39. The molecule has 0 saturated carbocycles. The first-order valence-electron chi connectivity index (χ1n) is 7.70. The minimum absolute atomic E-state index is 0.142. The van der Waals surface area contributed by atoms with Crippen LogP contribution in [0.4, 0.5) is 5.82 Å². The van der Waals surface area contributed by atoms with Crippen LogP contribution in [0.25, 0.3) is 0 Å². The maximum absolute atomic E-state index is 9.52. The average Bonchev–Trinajstić information content (AvgIpc) is 2.34. The van der Waals surface area contributed by atoms with Crippen molar-refractivity contribution in [3.8, 4) is 6.07 Å². The van der Waals surface area contributed by atoms with Crippen molar-refractivity contribution in [1.29, 1.82) is 5.26 Å². The SMILES string of the molecule is CCc1nnc(NC(C)(C)CC(C)(C)C)c(C#N)c1CC. The molecule has 1 aromatic rings. The van der Waals surface area contributed by atoms with Crippen LogP contribution in [0.5, 0.6) is 0 Å². The zero-order valence-electron chi connectivity index (χ0n) is 14.5. The van der Waals surface area contributed by atoms with Crippen LogP contribution in [0.1, 0.15) is 71.7 Å². The molecule has 0 bridgehead atoms. The van der Waals surface area contributed by atoms with E-state index in [2.05, 4.69) is 63.1 Å². The second-order valence-electron chi connectivity index (χ2n) is 7.41. The highest BCUT2D eigenvalue weighted by Crippen LogP contribution is 2.30. The molecule has 1 N–H and O–H groups in total. The lowest BCUT2D eigenvalue weighted by Gasteiger charge is -2.34. The zero-order valence-corrected chi connectivity index (χ0v) is 14.5. The number of anilines is 1. The van der Waals surface area contributed by atoms with E-state index in [1.54, 1.807) is 0 Å². The molecule has 4 nitrogen and oxygen atoms in total.